The van der Waals surface area contributed by atoms with E-state index < -0.39 is 5.60 Å². The van der Waals surface area contributed by atoms with Gasteiger partial charge in [0, 0.05) is 61.4 Å². The number of fused-ring (bicyclic) bond motifs is 1. The molecule has 5 rings (SSSR count). The summed E-state index contributed by atoms with van der Waals surface area (Å²) in [6.07, 6.45) is 4.73. The molecule has 196 valence electrons. The fraction of sp³-hybridized carbons (Fsp3) is 0.276. The smallest absolute Gasteiger partial charge is 0.247 e. The molecule has 1 saturated heterocycles. The average Bonchev–Trinajstić information content (AvgIpc) is 3.32. The van der Waals surface area contributed by atoms with Gasteiger partial charge in [-0.05, 0) is 61.9 Å². The molecule has 1 fully saturated rings. The van der Waals surface area contributed by atoms with Gasteiger partial charge in [0.25, 0.3) is 0 Å². The summed E-state index contributed by atoms with van der Waals surface area (Å²) in [5.74, 6) is 0.458. The molecule has 2 aromatic heterocycles. The normalized spacial score (nSPS) is 14.4. The molecule has 9 heteroatoms. The fourth-order valence-corrected chi connectivity index (χ4v) is 4.75. The second-order valence-corrected chi connectivity index (χ2v) is 10.2. The zero-order valence-corrected chi connectivity index (χ0v) is 21.8. The highest BCUT2D eigenvalue weighted by Crippen LogP contribution is 2.29. The number of rotatable bonds is 8. The molecule has 1 aliphatic rings. The third-order valence-electron chi connectivity index (χ3n) is 6.53. The first kappa shape index (κ1) is 25.4. The van der Waals surface area contributed by atoms with Crippen LogP contribution in [0, 0.1) is 0 Å². The van der Waals surface area contributed by atoms with Crippen molar-refractivity contribution in [2.24, 2.45) is 0 Å². The van der Waals surface area contributed by atoms with Gasteiger partial charge in [0.1, 0.15) is 12.1 Å². The minimum Gasteiger partial charge on any atom is -0.389 e. The van der Waals surface area contributed by atoms with Crippen LogP contribution in [0.2, 0.25) is 0 Å². The molecule has 0 bridgehead atoms. The van der Waals surface area contributed by atoms with Crippen molar-refractivity contribution in [3.63, 3.8) is 0 Å². The first-order valence-corrected chi connectivity index (χ1v) is 12.7. The number of aliphatic hydroxyl groups is 1. The van der Waals surface area contributed by atoms with Crippen molar-refractivity contribution in [1.29, 1.82) is 0 Å². The maximum atomic E-state index is 11.7. The van der Waals surface area contributed by atoms with Crippen LogP contribution in [0.4, 0.5) is 22.9 Å². The number of carbonyl (C=O) groups is 1. The third kappa shape index (κ3) is 6.01. The SMILES string of the molecule is C=CC(=O)Nc1cccc(-c2cnn3cnc(Nc4ccc(N5CCN(CC(C)(C)O)CC5)cc4)cc23)c1. The predicted octanol–water partition coefficient (Wildman–Crippen LogP) is 4.16. The van der Waals surface area contributed by atoms with E-state index in [-0.39, 0.29) is 5.91 Å². The molecule has 3 N–H and O–H groups in total. The zero-order chi connectivity index (χ0) is 26.7. The summed E-state index contributed by atoms with van der Waals surface area (Å²) in [5.41, 5.74) is 4.92. The van der Waals surface area contributed by atoms with Crippen molar-refractivity contribution in [3.8, 4) is 11.1 Å². The van der Waals surface area contributed by atoms with Crippen molar-refractivity contribution in [3.05, 3.63) is 79.8 Å². The Morgan fingerprint density at radius 1 is 1.08 bits per heavy atom. The van der Waals surface area contributed by atoms with Crippen molar-refractivity contribution in [2.45, 2.75) is 19.4 Å². The number of hydrogen-bond acceptors (Lipinski definition) is 7. The average molecular weight is 512 g/mol. The van der Waals surface area contributed by atoms with E-state index >= 15 is 0 Å². The molecule has 9 nitrogen and oxygen atoms in total. The third-order valence-corrected chi connectivity index (χ3v) is 6.53. The lowest BCUT2D eigenvalue weighted by Gasteiger charge is -2.38. The quantitative estimate of drug-likeness (QED) is 0.306. The molecule has 38 heavy (non-hydrogen) atoms. The van der Waals surface area contributed by atoms with Crippen LogP contribution in [-0.4, -0.2) is 68.8 Å². The van der Waals surface area contributed by atoms with Crippen LogP contribution in [0.5, 0.6) is 0 Å². The van der Waals surface area contributed by atoms with Gasteiger partial charge in [-0.3, -0.25) is 9.69 Å². The minimum absolute atomic E-state index is 0.253. The molecule has 2 aromatic carbocycles. The van der Waals surface area contributed by atoms with Crippen LogP contribution in [0.3, 0.4) is 0 Å². The lowest BCUT2D eigenvalue weighted by molar-refractivity contribution is -0.111. The second kappa shape index (κ2) is 10.6. The van der Waals surface area contributed by atoms with E-state index in [1.807, 2.05) is 44.2 Å². The molecule has 0 spiro atoms. The molecule has 0 atom stereocenters. The van der Waals surface area contributed by atoms with Gasteiger partial charge in [0.2, 0.25) is 5.91 Å². The Balaban J connectivity index is 1.28. The fourth-order valence-electron chi connectivity index (χ4n) is 4.75. The summed E-state index contributed by atoms with van der Waals surface area (Å²) in [7, 11) is 0. The van der Waals surface area contributed by atoms with E-state index in [2.05, 4.69) is 61.4 Å². The number of benzene rings is 2. The van der Waals surface area contributed by atoms with Crippen LogP contribution in [0.25, 0.3) is 16.6 Å². The van der Waals surface area contributed by atoms with Gasteiger partial charge in [-0.1, -0.05) is 18.7 Å². The molecule has 0 radical (unpaired) electrons. The monoisotopic (exact) mass is 511 g/mol. The summed E-state index contributed by atoms with van der Waals surface area (Å²) < 4.78 is 1.73. The van der Waals surface area contributed by atoms with Gasteiger partial charge in [-0.25, -0.2) is 9.50 Å². The number of hydrogen-bond donors (Lipinski definition) is 3. The lowest BCUT2D eigenvalue weighted by Crippen LogP contribution is -2.50. The van der Waals surface area contributed by atoms with Crippen molar-refractivity contribution in [1.82, 2.24) is 19.5 Å². The highest BCUT2D eigenvalue weighted by atomic mass is 16.3. The van der Waals surface area contributed by atoms with Crippen molar-refractivity contribution >= 4 is 34.3 Å². The van der Waals surface area contributed by atoms with E-state index in [1.165, 1.54) is 11.8 Å². The van der Waals surface area contributed by atoms with Gasteiger partial charge < -0.3 is 20.6 Å². The Bertz CT molecular complexity index is 1430. The van der Waals surface area contributed by atoms with E-state index in [4.69, 9.17) is 0 Å². The van der Waals surface area contributed by atoms with Gasteiger partial charge >= 0.3 is 0 Å². The largest absolute Gasteiger partial charge is 0.389 e. The maximum absolute atomic E-state index is 11.7. The van der Waals surface area contributed by atoms with Gasteiger partial charge in [0.15, 0.2) is 0 Å². The molecule has 4 aromatic rings. The number of aromatic nitrogens is 3. The van der Waals surface area contributed by atoms with Crippen LogP contribution in [0.1, 0.15) is 13.8 Å². The molecule has 0 saturated carbocycles. The summed E-state index contributed by atoms with van der Waals surface area (Å²) in [5, 5.41) is 20.7. The van der Waals surface area contributed by atoms with Crippen molar-refractivity contribution in [2.75, 3.05) is 48.3 Å². The number of nitrogens with one attached hydrogen (secondary N) is 2. The highest BCUT2D eigenvalue weighted by Gasteiger charge is 2.22. The lowest BCUT2D eigenvalue weighted by atomic mass is 10.1. The number of carbonyl (C=O) groups excluding carboxylic acids is 1. The van der Waals surface area contributed by atoms with Crippen LogP contribution >= 0.6 is 0 Å². The summed E-state index contributed by atoms with van der Waals surface area (Å²) in [6, 6.07) is 18.0. The number of amides is 1. The second-order valence-electron chi connectivity index (χ2n) is 10.2. The molecular formula is C29H33N7O2. The van der Waals surface area contributed by atoms with Gasteiger partial charge in [-0.15, -0.1) is 0 Å². The van der Waals surface area contributed by atoms with Crippen LogP contribution < -0.4 is 15.5 Å². The van der Waals surface area contributed by atoms with Crippen LogP contribution in [0.15, 0.2) is 79.8 Å². The van der Waals surface area contributed by atoms with E-state index in [9.17, 15) is 9.90 Å². The minimum atomic E-state index is -0.669. The maximum Gasteiger partial charge on any atom is 0.247 e. The Hall–Kier alpha value is -4.21. The molecule has 3 heterocycles. The standard InChI is InChI=1S/C29H33N7O2/c1-4-28(37)33-23-7-5-6-21(16-23)25-18-31-36-20-30-27(17-26(25)36)32-22-8-10-24(11-9-22)35-14-12-34(13-15-35)19-29(2,3)38/h4-11,16-18,20,32,38H,1,12-15,19H2,2-3H3,(H,33,37). The van der Waals surface area contributed by atoms with Crippen LogP contribution in [-0.2, 0) is 4.79 Å². The summed E-state index contributed by atoms with van der Waals surface area (Å²) in [4.78, 5) is 20.9. The Kier molecular flexibility index (Phi) is 7.13. The molecule has 1 amide bonds. The number of anilines is 4. The van der Waals surface area contributed by atoms with Gasteiger partial charge in [-0.2, -0.15) is 5.10 Å². The number of piperazine rings is 1. The Morgan fingerprint density at radius 3 is 2.55 bits per heavy atom. The topological polar surface area (TPSA) is 98.0 Å². The number of nitrogens with zero attached hydrogens (tertiary/aromatic N) is 5. The Morgan fingerprint density at radius 2 is 1.84 bits per heavy atom. The van der Waals surface area contributed by atoms with Gasteiger partial charge in [0.05, 0.1) is 17.3 Å². The first-order chi connectivity index (χ1) is 18.3. The summed E-state index contributed by atoms with van der Waals surface area (Å²) >= 11 is 0. The van der Waals surface area contributed by atoms with E-state index in [1.54, 1.807) is 17.0 Å². The molecule has 1 aliphatic heterocycles. The summed E-state index contributed by atoms with van der Waals surface area (Å²) in [6.45, 7) is 11.6. The van der Waals surface area contributed by atoms with E-state index in [0.29, 0.717) is 18.1 Å². The molecule has 0 unspecified atom stereocenters. The number of β-amino-alcohol motifs (C(OH)–C–C–N with tert-alkyl or cyclic N) is 1. The molecule has 0 aliphatic carbocycles. The molecular weight excluding hydrogens is 478 g/mol. The van der Waals surface area contributed by atoms with Crippen molar-refractivity contribution < 1.29 is 9.90 Å². The van der Waals surface area contributed by atoms with E-state index in [0.717, 1.165) is 48.5 Å². The Labute approximate surface area is 222 Å². The predicted molar refractivity (Wildman–Crippen MR) is 152 cm³/mol. The zero-order valence-electron chi connectivity index (χ0n) is 21.8. The first-order valence-electron chi connectivity index (χ1n) is 12.7. The highest BCUT2D eigenvalue weighted by molar-refractivity contribution is 5.99.